The zero-order valence-electron chi connectivity index (χ0n) is 13.1. The number of hydrogen-bond donors (Lipinski definition) is 1. The highest BCUT2D eigenvalue weighted by atomic mass is 16.5. The Kier molecular flexibility index (Phi) is 4.07. The molecule has 1 N–H and O–H groups in total. The lowest BCUT2D eigenvalue weighted by Gasteiger charge is -2.27. The van der Waals surface area contributed by atoms with Gasteiger partial charge in [0.05, 0.1) is 19.8 Å². The molecular weight excluding hydrogens is 290 g/mol. The standard InChI is InChI=1S/C19H21NO3/c1-2-7-17-15(6-1)16(9-12-22-17)20-13-14-5-3-8-18-19(14)23-11-4-10-21-18/h1-3,5-8,16,20H,4,9-13H2. The summed E-state index contributed by atoms with van der Waals surface area (Å²) in [5, 5.41) is 3.65. The van der Waals surface area contributed by atoms with E-state index in [0.717, 1.165) is 55.4 Å². The lowest BCUT2D eigenvalue weighted by atomic mass is 10.00. The first-order valence-electron chi connectivity index (χ1n) is 8.24. The summed E-state index contributed by atoms with van der Waals surface area (Å²) >= 11 is 0. The van der Waals surface area contributed by atoms with Gasteiger partial charge in [0.2, 0.25) is 0 Å². The Morgan fingerprint density at radius 1 is 0.870 bits per heavy atom. The van der Waals surface area contributed by atoms with Crippen LogP contribution in [-0.2, 0) is 6.54 Å². The van der Waals surface area contributed by atoms with E-state index in [9.17, 15) is 0 Å². The Morgan fingerprint density at radius 3 is 2.70 bits per heavy atom. The average molecular weight is 311 g/mol. The van der Waals surface area contributed by atoms with Gasteiger partial charge in [0, 0.05) is 36.6 Å². The van der Waals surface area contributed by atoms with Crippen LogP contribution in [0.15, 0.2) is 42.5 Å². The van der Waals surface area contributed by atoms with Crippen LogP contribution in [0, 0.1) is 0 Å². The zero-order valence-corrected chi connectivity index (χ0v) is 13.1. The molecule has 1 atom stereocenters. The predicted molar refractivity (Wildman–Crippen MR) is 88.2 cm³/mol. The second-order valence-corrected chi connectivity index (χ2v) is 5.90. The predicted octanol–water partition coefficient (Wildman–Crippen LogP) is 3.46. The van der Waals surface area contributed by atoms with Gasteiger partial charge in [-0.25, -0.2) is 0 Å². The lowest BCUT2D eigenvalue weighted by molar-refractivity contribution is 0.251. The van der Waals surface area contributed by atoms with Gasteiger partial charge in [-0.1, -0.05) is 30.3 Å². The fourth-order valence-corrected chi connectivity index (χ4v) is 3.18. The molecular formula is C19H21NO3. The van der Waals surface area contributed by atoms with Crippen LogP contribution in [0.5, 0.6) is 17.2 Å². The highest BCUT2D eigenvalue weighted by molar-refractivity contribution is 5.47. The summed E-state index contributed by atoms with van der Waals surface area (Å²) in [6.45, 7) is 2.94. The van der Waals surface area contributed by atoms with E-state index in [2.05, 4.69) is 23.5 Å². The van der Waals surface area contributed by atoms with Gasteiger partial charge in [-0.05, 0) is 12.1 Å². The van der Waals surface area contributed by atoms with Gasteiger partial charge in [0.15, 0.2) is 11.5 Å². The van der Waals surface area contributed by atoms with Crippen LogP contribution >= 0.6 is 0 Å². The molecule has 4 nitrogen and oxygen atoms in total. The topological polar surface area (TPSA) is 39.7 Å². The summed E-state index contributed by atoms with van der Waals surface area (Å²) in [5.74, 6) is 2.73. The van der Waals surface area contributed by atoms with Gasteiger partial charge in [0.1, 0.15) is 5.75 Å². The summed E-state index contributed by atoms with van der Waals surface area (Å²) in [5.41, 5.74) is 2.38. The smallest absolute Gasteiger partial charge is 0.165 e. The van der Waals surface area contributed by atoms with Gasteiger partial charge >= 0.3 is 0 Å². The lowest BCUT2D eigenvalue weighted by Crippen LogP contribution is -2.26. The number of nitrogens with one attached hydrogen (secondary N) is 1. The Hall–Kier alpha value is -2.20. The molecule has 120 valence electrons. The van der Waals surface area contributed by atoms with E-state index >= 15 is 0 Å². The first-order valence-corrected chi connectivity index (χ1v) is 8.24. The van der Waals surface area contributed by atoms with E-state index in [1.165, 1.54) is 5.56 Å². The van der Waals surface area contributed by atoms with Crippen LogP contribution in [0.1, 0.15) is 30.0 Å². The molecule has 23 heavy (non-hydrogen) atoms. The van der Waals surface area contributed by atoms with Crippen molar-refractivity contribution in [3.8, 4) is 17.2 Å². The summed E-state index contributed by atoms with van der Waals surface area (Å²) in [6.07, 6.45) is 1.90. The van der Waals surface area contributed by atoms with E-state index in [4.69, 9.17) is 14.2 Å². The van der Waals surface area contributed by atoms with Crippen LogP contribution in [0.3, 0.4) is 0 Å². The molecule has 0 spiro atoms. The highest BCUT2D eigenvalue weighted by Crippen LogP contribution is 2.35. The van der Waals surface area contributed by atoms with E-state index in [1.54, 1.807) is 0 Å². The minimum Gasteiger partial charge on any atom is -0.493 e. The van der Waals surface area contributed by atoms with Crippen molar-refractivity contribution in [2.45, 2.75) is 25.4 Å². The van der Waals surface area contributed by atoms with Crippen LogP contribution in [0.4, 0.5) is 0 Å². The van der Waals surface area contributed by atoms with Crippen LogP contribution < -0.4 is 19.5 Å². The maximum absolute atomic E-state index is 5.90. The molecule has 4 heteroatoms. The second-order valence-electron chi connectivity index (χ2n) is 5.90. The molecule has 2 aromatic carbocycles. The normalized spacial score (nSPS) is 19.4. The molecule has 4 rings (SSSR count). The van der Waals surface area contributed by atoms with E-state index in [1.807, 2.05) is 24.3 Å². The number of hydrogen-bond acceptors (Lipinski definition) is 4. The fraction of sp³-hybridized carbons (Fsp3) is 0.368. The molecule has 2 heterocycles. The van der Waals surface area contributed by atoms with Crippen LogP contribution in [0.2, 0.25) is 0 Å². The zero-order chi connectivity index (χ0) is 15.5. The minimum absolute atomic E-state index is 0.308. The third-order valence-electron chi connectivity index (χ3n) is 4.35. The Bertz CT molecular complexity index is 686. The van der Waals surface area contributed by atoms with Crippen molar-refractivity contribution in [3.63, 3.8) is 0 Å². The quantitative estimate of drug-likeness (QED) is 0.942. The molecule has 0 saturated heterocycles. The minimum atomic E-state index is 0.308. The maximum atomic E-state index is 5.90. The van der Waals surface area contributed by atoms with Gasteiger partial charge in [-0.2, -0.15) is 0 Å². The van der Waals surface area contributed by atoms with Gasteiger partial charge in [-0.15, -0.1) is 0 Å². The van der Waals surface area contributed by atoms with Crippen molar-refractivity contribution in [3.05, 3.63) is 53.6 Å². The Labute approximate surface area is 136 Å². The molecule has 2 aromatic rings. The molecule has 0 amide bonds. The average Bonchev–Trinajstić information content (AvgIpc) is 2.85. The molecule has 0 saturated carbocycles. The van der Waals surface area contributed by atoms with Crippen LogP contribution in [0.25, 0.3) is 0 Å². The van der Waals surface area contributed by atoms with Crippen LogP contribution in [-0.4, -0.2) is 19.8 Å². The van der Waals surface area contributed by atoms with Crippen molar-refractivity contribution in [2.75, 3.05) is 19.8 Å². The van der Waals surface area contributed by atoms with Gasteiger partial charge in [-0.3, -0.25) is 0 Å². The highest BCUT2D eigenvalue weighted by Gasteiger charge is 2.21. The fourth-order valence-electron chi connectivity index (χ4n) is 3.18. The van der Waals surface area contributed by atoms with Gasteiger partial charge in [0.25, 0.3) is 0 Å². The maximum Gasteiger partial charge on any atom is 0.165 e. The first kappa shape index (κ1) is 14.4. The Balaban J connectivity index is 1.52. The summed E-state index contributed by atoms with van der Waals surface area (Å²) in [7, 11) is 0. The third-order valence-corrected chi connectivity index (χ3v) is 4.35. The second kappa shape index (κ2) is 6.50. The van der Waals surface area contributed by atoms with E-state index in [-0.39, 0.29) is 0 Å². The summed E-state index contributed by atoms with van der Waals surface area (Å²) in [6, 6.07) is 14.7. The first-order chi connectivity index (χ1) is 11.4. The monoisotopic (exact) mass is 311 g/mol. The number of ether oxygens (including phenoxy) is 3. The number of benzene rings is 2. The molecule has 0 fully saturated rings. The van der Waals surface area contributed by atoms with Crippen molar-refractivity contribution in [1.29, 1.82) is 0 Å². The molecule has 0 bridgehead atoms. The number of fused-ring (bicyclic) bond motifs is 2. The molecule has 1 unspecified atom stereocenters. The van der Waals surface area contributed by atoms with Crippen molar-refractivity contribution in [1.82, 2.24) is 5.32 Å². The number of rotatable bonds is 3. The van der Waals surface area contributed by atoms with E-state index < -0.39 is 0 Å². The largest absolute Gasteiger partial charge is 0.493 e. The SMILES string of the molecule is c1ccc2c(c1)OCCC2NCc1cccc2c1OCCCO2. The number of para-hydroxylation sites is 2. The van der Waals surface area contributed by atoms with Crippen molar-refractivity contribution >= 4 is 0 Å². The molecule has 2 aliphatic heterocycles. The van der Waals surface area contributed by atoms with Crippen molar-refractivity contribution in [2.24, 2.45) is 0 Å². The van der Waals surface area contributed by atoms with E-state index in [0.29, 0.717) is 12.6 Å². The molecule has 2 aliphatic rings. The van der Waals surface area contributed by atoms with Gasteiger partial charge < -0.3 is 19.5 Å². The molecule has 0 aliphatic carbocycles. The summed E-state index contributed by atoms with van der Waals surface area (Å²) < 4.78 is 17.4. The summed E-state index contributed by atoms with van der Waals surface area (Å²) in [4.78, 5) is 0. The molecule has 0 radical (unpaired) electrons. The molecule has 0 aromatic heterocycles. The Morgan fingerprint density at radius 2 is 1.70 bits per heavy atom. The van der Waals surface area contributed by atoms with Crippen molar-refractivity contribution < 1.29 is 14.2 Å². The third kappa shape index (κ3) is 2.99.